The Morgan fingerprint density at radius 3 is 1.75 bits per heavy atom. The lowest BCUT2D eigenvalue weighted by Gasteiger charge is -2.30. The van der Waals surface area contributed by atoms with Crippen molar-refractivity contribution in [3.8, 4) is 16.8 Å². The van der Waals surface area contributed by atoms with Gasteiger partial charge in [0.2, 0.25) is 0 Å². The highest BCUT2D eigenvalue weighted by atomic mass is 16.3. The number of rotatable bonds is 8. The summed E-state index contributed by atoms with van der Waals surface area (Å²) >= 11 is 0. The van der Waals surface area contributed by atoms with Crippen molar-refractivity contribution in [2.45, 2.75) is 0 Å². The molecule has 0 amide bonds. The summed E-state index contributed by atoms with van der Waals surface area (Å²) in [5.74, 6) is 0.751. The smallest absolute Gasteiger partial charge is 0.143 e. The van der Waals surface area contributed by atoms with Gasteiger partial charge in [-0.25, -0.2) is 0 Å². The second-order valence-electron chi connectivity index (χ2n) is 16.1. The summed E-state index contributed by atoms with van der Waals surface area (Å²) in [6.07, 6.45) is 6.21. The monoisotopic (exact) mass is 804 g/mol. The second kappa shape index (κ2) is 14.9. The lowest BCUT2D eigenvalue weighted by Crippen LogP contribution is -2.14. The Balaban J connectivity index is 1.03. The fraction of sp³-hybridized carbons (Fsp3) is 0. The maximum absolute atomic E-state index is 6.50. The first-order chi connectivity index (χ1) is 31.2. The number of nitrogens with zero attached hydrogens (tertiary/aromatic N) is 2. The molecular weight excluding hydrogens is 765 g/mol. The molecule has 2 heterocycles. The van der Waals surface area contributed by atoms with Crippen LogP contribution in [0.3, 0.4) is 0 Å². The molecule has 0 unspecified atom stereocenters. The molecule has 0 saturated carbocycles. The third kappa shape index (κ3) is 6.05. The molecule has 296 valence electrons. The van der Waals surface area contributed by atoms with Crippen molar-refractivity contribution < 1.29 is 4.42 Å². The van der Waals surface area contributed by atoms with Gasteiger partial charge in [-0.15, -0.1) is 0 Å². The van der Waals surface area contributed by atoms with Crippen LogP contribution in [0.4, 0.5) is 17.1 Å². The first-order valence-electron chi connectivity index (χ1n) is 21.5. The molecule has 12 rings (SSSR count). The molecular formula is C60H40N2O. The predicted octanol–water partition coefficient (Wildman–Crippen LogP) is 16.9. The number of fused-ring (bicyclic) bond motifs is 9. The number of aromatic nitrogens is 1. The Labute approximate surface area is 365 Å². The molecule has 12 aromatic rings. The van der Waals surface area contributed by atoms with E-state index in [0.717, 1.165) is 78.0 Å². The van der Waals surface area contributed by atoms with Crippen LogP contribution in [0.25, 0.3) is 100 Å². The van der Waals surface area contributed by atoms with Crippen molar-refractivity contribution in [3.05, 3.63) is 236 Å². The largest absolute Gasteiger partial charge is 0.455 e. The van der Waals surface area contributed by atoms with E-state index in [4.69, 9.17) is 4.42 Å². The first-order valence-corrected chi connectivity index (χ1v) is 21.5. The van der Waals surface area contributed by atoms with Crippen LogP contribution in [-0.4, -0.2) is 4.57 Å². The van der Waals surface area contributed by atoms with E-state index < -0.39 is 0 Å². The molecule has 0 atom stereocenters. The minimum absolute atomic E-state index is 0.751. The fourth-order valence-corrected chi connectivity index (χ4v) is 9.62. The first kappa shape index (κ1) is 36.5. The summed E-state index contributed by atoms with van der Waals surface area (Å²) in [4.78, 5) is 2.41. The van der Waals surface area contributed by atoms with Crippen molar-refractivity contribution >= 4 is 100 Å². The predicted molar refractivity (Wildman–Crippen MR) is 269 cm³/mol. The fourth-order valence-electron chi connectivity index (χ4n) is 9.62. The van der Waals surface area contributed by atoms with E-state index in [1.54, 1.807) is 0 Å². The topological polar surface area (TPSA) is 21.3 Å². The van der Waals surface area contributed by atoms with Gasteiger partial charge < -0.3 is 13.9 Å². The Morgan fingerprint density at radius 1 is 0.429 bits per heavy atom. The Hall–Kier alpha value is -8.40. The van der Waals surface area contributed by atoms with Crippen molar-refractivity contribution in [1.82, 2.24) is 4.57 Å². The number of para-hydroxylation sites is 5. The highest BCUT2D eigenvalue weighted by Gasteiger charge is 2.22. The third-order valence-corrected chi connectivity index (χ3v) is 12.6. The zero-order valence-electron chi connectivity index (χ0n) is 34.4. The van der Waals surface area contributed by atoms with Crippen molar-refractivity contribution in [2.24, 2.45) is 0 Å². The van der Waals surface area contributed by atoms with E-state index in [-0.39, 0.29) is 0 Å². The van der Waals surface area contributed by atoms with Gasteiger partial charge in [0, 0.05) is 32.8 Å². The zero-order chi connectivity index (χ0) is 41.9. The van der Waals surface area contributed by atoms with Gasteiger partial charge in [0.25, 0.3) is 0 Å². The summed E-state index contributed by atoms with van der Waals surface area (Å²) in [6.45, 7) is 4.14. The molecule has 0 fully saturated rings. The molecule has 0 aliphatic heterocycles. The van der Waals surface area contributed by atoms with Crippen LogP contribution >= 0.6 is 0 Å². The molecule has 3 heteroatoms. The van der Waals surface area contributed by atoms with Crippen LogP contribution in [0.5, 0.6) is 0 Å². The number of hydrogen-bond acceptors (Lipinski definition) is 2. The van der Waals surface area contributed by atoms with Gasteiger partial charge >= 0.3 is 0 Å². The average Bonchev–Trinajstić information content (AvgIpc) is 3.89. The van der Waals surface area contributed by atoms with Crippen LogP contribution in [0.2, 0.25) is 0 Å². The van der Waals surface area contributed by atoms with Gasteiger partial charge in [0.1, 0.15) is 11.3 Å². The highest BCUT2D eigenvalue weighted by Crippen LogP contribution is 2.44. The molecule has 0 aliphatic carbocycles. The van der Waals surface area contributed by atoms with Crippen LogP contribution in [0.15, 0.2) is 223 Å². The number of anilines is 3. The van der Waals surface area contributed by atoms with Gasteiger partial charge in [-0.05, 0) is 110 Å². The van der Waals surface area contributed by atoms with Gasteiger partial charge in [0.15, 0.2) is 0 Å². The van der Waals surface area contributed by atoms with Crippen LogP contribution in [0, 0.1) is 0 Å². The average molecular weight is 805 g/mol. The quantitative estimate of drug-likeness (QED) is 0.143. The zero-order valence-corrected chi connectivity index (χ0v) is 34.4. The molecule has 0 radical (unpaired) electrons. The Bertz CT molecular complexity index is 3720. The lowest BCUT2D eigenvalue weighted by atomic mass is 9.97. The normalized spacial score (nSPS) is 11.8. The van der Waals surface area contributed by atoms with E-state index in [2.05, 4.69) is 241 Å². The summed E-state index contributed by atoms with van der Waals surface area (Å²) < 4.78 is 8.92. The SMILES string of the molecule is C=Cc1oc2c(ccc3ccccc32)c1/C=C/c1ccccc1N(c1ccc(-c2ccc3c(ccc4ccccc43)c2)cc1)c1ccccc1-n1c2ccccc2c2ccccc21. The number of hydrogen-bond donors (Lipinski definition) is 0. The van der Waals surface area contributed by atoms with Crippen molar-refractivity contribution in [1.29, 1.82) is 0 Å². The molecule has 3 nitrogen and oxygen atoms in total. The van der Waals surface area contributed by atoms with Crippen LogP contribution in [0.1, 0.15) is 16.9 Å². The molecule has 0 aliphatic rings. The summed E-state index contributed by atoms with van der Waals surface area (Å²) in [5, 5.41) is 10.8. The number of benzene rings is 10. The van der Waals surface area contributed by atoms with Crippen LogP contribution in [-0.2, 0) is 0 Å². The van der Waals surface area contributed by atoms with Gasteiger partial charge in [0.05, 0.1) is 28.1 Å². The lowest BCUT2D eigenvalue weighted by molar-refractivity contribution is 0.607. The highest BCUT2D eigenvalue weighted by molar-refractivity contribution is 6.11. The summed E-state index contributed by atoms with van der Waals surface area (Å²) in [7, 11) is 0. The second-order valence-corrected chi connectivity index (χ2v) is 16.1. The molecule has 0 N–H and O–H groups in total. The standard InChI is InChI=1S/C60H40N2O/c1-2-59-52(53-38-31-42-16-4-7-19-49(42)60(53)63-59)37-32-43-17-5-10-22-54(43)61(57-25-13-14-26-58(57)62-55-23-11-8-20-50(55)51-21-9-12-24-56(51)62)46-34-29-40(30-35-46)44-33-36-48-45(39-44)28-27-41-15-3-6-18-47(41)48/h2-39H,1H2/b37-32+. The van der Waals surface area contributed by atoms with Gasteiger partial charge in [-0.1, -0.05) is 170 Å². The summed E-state index contributed by atoms with van der Waals surface area (Å²) in [6, 6.07) is 76.5. The van der Waals surface area contributed by atoms with Gasteiger partial charge in [-0.3, -0.25) is 0 Å². The number of furan rings is 1. The molecule has 2 aromatic heterocycles. The molecule has 10 aromatic carbocycles. The molecule has 0 bridgehead atoms. The Morgan fingerprint density at radius 2 is 0.984 bits per heavy atom. The van der Waals surface area contributed by atoms with E-state index in [9.17, 15) is 0 Å². The minimum atomic E-state index is 0.751. The van der Waals surface area contributed by atoms with E-state index in [0.29, 0.717) is 0 Å². The van der Waals surface area contributed by atoms with Crippen molar-refractivity contribution in [2.75, 3.05) is 4.90 Å². The molecule has 0 spiro atoms. The molecule has 0 saturated heterocycles. The van der Waals surface area contributed by atoms with Crippen molar-refractivity contribution in [3.63, 3.8) is 0 Å². The van der Waals surface area contributed by atoms with E-state index in [1.807, 2.05) is 6.08 Å². The summed E-state index contributed by atoms with van der Waals surface area (Å²) in [5.41, 5.74) is 11.8. The third-order valence-electron chi connectivity index (χ3n) is 12.6. The van der Waals surface area contributed by atoms with E-state index >= 15 is 0 Å². The maximum atomic E-state index is 6.50. The van der Waals surface area contributed by atoms with Crippen LogP contribution < -0.4 is 4.90 Å². The Kier molecular flexibility index (Phi) is 8.65. The molecule has 63 heavy (non-hydrogen) atoms. The minimum Gasteiger partial charge on any atom is -0.455 e. The van der Waals surface area contributed by atoms with Gasteiger partial charge in [-0.2, -0.15) is 0 Å². The maximum Gasteiger partial charge on any atom is 0.143 e. The van der Waals surface area contributed by atoms with E-state index in [1.165, 1.54) is 37.9 Å².